The monoisotopic (exact) mass is 433 g/mol. The van der Waals surface area contributed by atoms with Gasteiger partial charge in [-0.25, -0.2) is 4.98 Å². The molecule has 1 aliphatic heterocycles. The molecule has 4 nitrogen and oxygen atoms in total. The first-order valence-corrected chi connectivity index (χ1v) is 8.62. The summed E-state index contributed by atoms with van der Waals surface area (Å²) < 4.78 is 32.0. The molecule has 0 aliphatic carbocycles. The van der Waals surface area contributed by atoms with Gasteiger partial charge in [-0.1, -0.05) is 12.1 Å². The summed E-state index contributed by atoms with van der Waals surface area (Å²) in [5.41, 5.74) is 2.36. The number of ether oxygens (including phenoxy) is 1. The lowest BCUT2D eigenvalue weighted by Crippen LogP contribution is -2.34. The van der Waals surface area contributed by atoms with Crippen LogP contribution >= 0.6 is 22.6 Å². The average Bonchev–Trinajstić information content (AvgIpc) is 2.81. The molecule has 1 N–H and O–H groups in total. The maximum atomic E-state index is 12.2. The maximum absolute atomic E-state index is 12.2. The molecule has 0 radical (unpaired) electrons. The molecule has 1 aromatic carbocycles. The first kappa shape index (κ1) is 16.6. The number of hydrogen-bond donors (Lipinski definition) is 1. The van der Waals surface area contributed by atoms with Gasteiger partial charge in [0.25, 0.3) is 0 Å². The maximum Gasteiger partial charge on any atom is 0.387 e. The van der Waals surface area contributed by atoms with Gasteiger partial charge in [0.1, 0.15) is 15.3 Å². The van der Waals surface area contributed by atoms with E-state index in [4.69, 9.17) is 0 Å². The van der Waals surface area contributed by atoms with Crippen molar-refractivity contribution >= 4 is 22.6 Å². The van der Waals surface area contributed by atoms with Crippen LogP contribution in [0.1, 0.15) is 29.5 Å². The fourth-order valence-electron chi connectivity index (χ4n) is 2.99. The van der Waals surface area contributed by atoms with Gasteiger partial charge in [-0.05, 0) is 60.1 Å². The summed E-state index contributed by atoms with van der Waals surface area (Å²) in [4.78, 5) is 4.56. The summed E-state index contributed by atoms with van der Waals surface area (Å²) in [6.07, 6.45) is 1.81. The van der Waals surface area contributed by atoms with Crippen LogP contribution in [-0.4, -0.2) is 22.7 Å². The Hall–Kier alpha value is -1.22. The molecule has 0 bridgehead atoms. The Bertz CT molecular complexity index is 673. The van der Waals surface area contributed by atoms with Gasteiger partial charge < -0.3 is 14.6 Å². The van der Waals surface area contributed by atoms with E-state index in [0.29, 0.717) is 0 Å². The Morgan fingerprint density at radius 3 is 2.83 bits per heavy atom. The zero-order chi connectivity index (χ0) is 16.4. The number of benzene rings is 1. The lowest BCUT2D eigenvalue weighted by molar-refractivity contribution is -0.0498. The fourth-order valence-corrected chi connectivity index (χ4v) is 4.01. The summed E-state index contributed by atoms with van der Waals surface area (Å²) in [5.74, 6) is 1.26. The van der Waals surface area contributed by atoms with E-state index in [9.17, 15) is 8.78 Å². The van der Waals surface area contributed by atoms with Gasteiger partial charge in [0.15, 0.2) is 0 Å². The van der Waals surface area contributed by atoms with Crippen LogP contribution in [0, 0.1) is 10.6 Å². The van der Waals surface area contributed by atoms with E-state index in [1.54, 1.807) is 12.1 Å². The Kier molecular flexibility index (Phi) is 5.15. The van der Waals surface area contributed by atoms with E-state index in [1.807, 2.05) is 19.1 Å². The van der Waals surface area contributed by atoms with Crippen LogP contribution in [0.3, 0.4) is 0 Å². The molecule has 0 saturated carbocycles. The van der Waals surface area contributed by atoms with E-state index in [0.717, 1.165) is 41.0 Å². The SMILES string of the molecule is Cc1nc(I)c2n1CCNC2CCc1ccc(OC(F)F)cc1. The number of rotatable bonds is 5. The van der Waals surface area contributed by atoms with E-state index in [-0.39, 0.29) is 11.8 Å². The normalized spacial score (nSPS) is 17.3. The molecule has 0 spiro atoms. The molecule has 2 aromatic rings. The Balaban J connectivity index is 1.65. The largest absolute Gasteiger partial charge is 0.435 e. The van der Waals surface area contributed by atoms with Crippen molar-refractivity contribution in [2.45, 2.75) is 39.0 Å². The molecule has 1 aromatic heterocycles. The Labute approximate surface area is 147 Å². The highest BCUT2D eigenvalue weighted by Crippen LogP contribution is 2.28. The third-order valence-electron chi connectivity index (χ3n) is 4.08. The fraction of sp³-hybridized carbons (Fsp3) is 0.438. The van der Waals surface area contributed by atoms with Crippen LogP contribution in [0.2, 0.25) is 0 Å². The van der Waals surface area contributed by atoms with Crippen molar-refractivity contribution in [3.05, 3.63) is 45.0 Å². The minimum absolute atomic E-state index is 0.197. The first-order chi connectivity index (χ1) is 11.0. The molecular formula is C16H18F2IN3O. The third-order valence-corrected chi connectivity index (χ3v) is 4.87. The van der Waals surface area contributed by atoms with Crippen molar-refractivity contribution < 1.29 is 13.5 Å². The van der Waals surface area contributed by atoms with Crippen molar-refractivity contribution in [1.82, 2.24) is 14.9 Å². The van der Waals surface area contributed by atoms with Crippen LogP contribution in [0.25, 0.3) is 0 Å². The van der Waals surface area contributed by atoms with Crippen molar-refractivity contribution in [2.24, 2.45) is 0 Å². The highest BCUT2D eigenvalue weighted by atomic mass is 127. The number of halogens is 3. The molecule has 1 aliphatic rings. The molecule has 1 unspecified atom stereocenters. The van der Waals surface area contributed by atoms with E-state index in [2.05, 4.69) is 42.2 Å². The van der Waals surface area contributed by atoms with Gasteiger partial charge in [-0.15, -0.1) is 0 Å². The van der Waals surface area contributed by atoms with Crippen molar-refractivity contribution in [2.75, 3.05) is 6.54 Å². The summed E-state index contributed by atoms with van der Waals surface area (Å²) >= 11 is 2.29. The smallest absolute Gasteiger partial charge is 0.387 e. The lowest BCUT2D eigenvalue weighted by atomic mass is 10.0. The molecule has 0 fully saturated rings. The van der Waals surface area contributed by atoms with Crippen LogP contribution in [0.4, 0.5) is 8.78 Å². The van der Waals surface area contributed by atoms with Crippen LogP contribution in [-0.2, 0) is 13.0 Å². The Morgan fingerprint density at radius 2 is 2.13 bits per heavy atom. The van der Waals surface area contributed by atoms with Crippen LogP contribution in [0.5, 0.6) is 5.75 Å². The number of imidazole rings is 1. The Morgan fingerprint density at radius 1 is 1.39 bits per heavy atom. The number of alkyl halides is 2. The second-order valence-corrected chi connectivity index (χ2v) is 6.58. The second kappa shape index (κ2) is 7.12. The van der Waals surface area contributed by atoms with Gasteiger partial charge >= 0.3 is 6.61 Å². The van der Waals surface area contributed by atoms with Gasteiger partial charge in [0, 0.05) is 13.1 Å². The molecule has 23 heavy (non-hydrogen) atoms. The predicted molar refractivity (Wildman–Crippen MR) is 91.8 cm³/mol. The average molecular weight is 433 g/mol. The molecule has 7 heteroatoms. The van der Waals surface area contributed by atoms with Crippen molar-refractivity contribution in [1.29, 1.82) is 0 Å². The quantitative estimate of drug-likeness (QED) is 0.732. The lowest BCUT2D eigenvalue weighted by Gasteiger charge is -2.27. The minimum Gasteiger partial charge on any atom is -0.435 e. The molecule has 124 valence electrons. The molecule has 1 atom stereocenters. The van der Waals surface area contributed by atoms with E-state index in [1.165, 1.54) is 5.69 Å². The van der Waals surface area contributed by atoms with Crippen molar-refractivity contribution in [3.63, 3.8) is 0 Å². The summed E-state index contributed by atoms with van der Waals surface area (Å²) in [7, 11) is 0. The number of aryl methyl sites for hydroxylation is 2. The van der Waals surface area contributed by atoms with Gasteiger partial charge in [0.05, 0.1) is 11.7 Å². The van der Waals surface area contributed by atoms with Gasteiger partial charge in [-0.2, -0.15) is 8.78 Å². The van der Waals surface area contributed by atoms with E-state index >= 15 is 0 Å². The molecule has 0 amide bonds. The number of fused-ring (bicyclic) bond motifs is 1. The zero-order valence-electron chi connectivity index (χ0n) is 12.7. The zero-order valence-corrected chi connectivity index (χ0v) is 14.9. The summed E-state index contributed by atoms with van der Waals surface area (Å²) in [6.45, 7) is 1.15. The first-order valence-electron chi connectivity index (χ1n) is 7.54. The van der Waals surface area contributed by atoms with Crippen molar-refractivity contribution in [3.8, 4) is 5.75 Å². The van der Waals surface area contributed by atoms with Gasteiger partial charge in [0.2, 0.25) is 0 Å². The molecule has 0 saturated heterocycles. The number of nitrogens with one attached hydrogen (secondary N) is 1. The number of nitrogens with zero attached hydrogens (tertiary/aromatic N) is 2. The molecule has 3 rings (SSSR count). The van der Waals surface area contributed by atoms with E-state index < -0.39 is 6.61 Å². The number of hydrogen-bond acceptors (Lipinski definition) is 3. The molecule has 2 heterocycles. The highest BCUT2D eigenvalue weighted by Gasteiger charge is 2.25. The highest BCUT2D eigenvalue weighted by molar-refractivity contribution is 14.1. The summed E-state index contributed by atoms with van der Waals surface area (Å²) in [5, 5.41) is 3.55. The standard InChI is InChI=1S/C16H18F2IN3O/c1-10-21-15(19)14-13(20-8-9-22(10)14)7-4-11-2-5-12(6-3-11)23-16(17)18/h2-3,5-6,13,16,20H,4,7-9H2,1H3. The topological polar surface area (TPSA) is 39.1 Å². The number of aromatic nitrogens is 2. The molecular weight excluding hydrogens is 415 g/mol. The second-order valence-electron chi connectivity index (χ2n) is 5.55. The van der Waals surface area contributed by atoms with Gasteiger partial charge in [-0.3, -0.25) is 0 Å². The van der Waals surface area contributed by atoms with Crippen LogP contribution in [0.15, 0.2) is 24.3 Å². The predicted octanol–water partition coefficient (Wildman–Crippen LogP) is 3.67. The minimum atomic E-state index is -2.78. The third kappa shape index (κ3) is 3.82. The van der Waals surface area contributed by atoms with Crippen LogP contribution < -0.4 is 10.1 Å². The summed E-state index contributed by atoms with van der Waals surface area (Å²) in [6, 6.07) is 7.14.